The number of carbonyl (C=O) groups excluding carboxylic acids is 1. The van der Waals surface area contributed by atoms with E-state index >= 15 is 0 Å². The molecule has 0 aromatic heterocycles. The summed E-state index contributed by atoms with van der Waals surface area (Å²) in [6.07, 6.45) is 1.01. The van der Waals surface area contributed by atoms with Gasteiger partial charge in [0.25, 0.3) is 0 Å². The summed E-state index contributed by atoms with van der Waals surface area (Å²) in [7, 11) is 3.31. The van der Waals surface area contributed by atoms with E-state index in [1.807, 2.05) is 18.2 Å². The quantitative estimate of drug-likeness (QED) is 0.835. The third-order valence-corrected chi connectivity index (χ3v) is 3.61. The standard InChI is InChI=1S/C14H21BrN2O2/c1-4-7-17(10-14(18)16-2)9-11-8-12(19-3)5-6-13(11)15/h5-6,8H,4,7,9-10H2,1-3H3,(H,16,18). The van der Waals surface area contributed by atoms with Gasteiger partial charge in [0.05, 0.1) is 13.7 Å². The van der Waals surface area contributed by atoms with Gasteiger partial charge in [-0.3, -0.25) is 9.69 Å². The fraction of sp³-hybridized carbons (Fsp3) is 0.500. The molecule has 0 fully saturated rings. The molecule has 0 heterocycles. The largest absolute Gasteiger partial charge is 0.497 e. The molecule has 0 unspecified atom stereocenters. The summed E-state index contributed by atoms with van der Waals surface area (Å²) in [5, 5.41) is 2.66. The number of benzene rings is 1. The number of amides is 1. The summed E-state index contributed by atoms with van der Waals surface area (Å²) >= 11 is 3.54. The van der Waals surface area contributed by atoms with Crippen molar-refractivity contribution >= 4 is 21.8 Å². The van der Waals surface area contributed by atoms with E-state index in [-0.39, 0.29) is 5.91 Å². The van der Waals surface area contributed by atoms with Gasteiger partial charge < -0.3 is 10.1 Å². The van der Waals surface area contributed by atoms with Gasteiger partial charge in [-0.2, -0.15) is 0 Å². The van der Waals surface area contributed by atoms with Gasteiger partial charge in [0.15, 0.2) is 0 Å². The molecule has 0 aliphatic carbocycles. The molecule has 0 saturated heterocycles. The van der Waals surface area contributed by atoms with Gasteiger partial charge in [0, 0.05) is 18.1 Å². The normalized spacial score (nSPS) is 10.6. The molecule has 1 aromatic carbocycles. The fourth-order valence-electron chi connectivity index (χ4n) is 1.85. The molecule has 1 N–H and O–H groups in total. The molecular formula is C14H21BrN2O2. The molecule has 0 bridgehead atoms. The van der Waals surface area contributed by atoms with E-state index in [9.17, 15) is 4.79 Å². The molecular weight excluding hydrogens is 308 g/mol. The Hall–Kier alpha value is -1.07. The third kappa shape index (κ3) is 5.20. The predicted molar refractivity (Wildman–Crippen MR) is 80.3 cm³/mol. The molecule has 1 aromatic rings. The highest BCUT2D eigenvalue weighted by Gasteiger charge is 2.12. The van der Waals surface area contributed by atoms with E-state index < -0.39 is 0 Å². The van der Waals surface area contributed by atoms with E-state index in [4.69, 9.17) is 4.74 Å². The fourth-order valence-corrected chi connectivity index (χ4v) is 2.22. The second-order valence-electron chi connectivity index (χ2n) is 4.34. The third-order valence-electron chi connectivity index (χ3n) is 2.83. The summed E-state index contributed by atoms with van der Waals surface area (Å²) in [5.41, 5.74) is 1.12. The average molecular weight is 329 g/mol. The lowest BCUT2D eigenvalue weighted by Gasteiger charge is -2.21. The molecule has 5 heteroatoms. The van der Waals surface area contributed by atoms with Crippen LogP contribution in [0.15, 0.2) is 22.7 Å². The van der Waals surface area contributed by atoms with Crippen LogP contribution in [0.5, 0.6) is 5.75 Å². The van der Waals surface area contributed by atoms with Crippen LogP contribution in [-0.2, 0) is 11.3 Å². The van der Waals surface area contributed by atoms with Crippen molar-refractivity contribution in [3.63, 3.8) is 0 Å². The second kappa shape index (κ2) is 8.17. The summed E-state index contributed by atoms with van der Waals surface area (Å²) in [6.45, 7) is 4.13. The Morgan fingerprint density at radius 3 is 2.79 bits per heavy atom. The number of halogens is 1. The van der Waals surface area contributed by atoms with Gasteiger partial charge >= 0.3 is 0 Å². The molecule has 1 rings (SSSR count). The molecule has 0 spiro atoms. The van der Waals surface area contributed by atoms with E-state index in [1.165, 1.54) is 0 Å². The number of methoxy groups -OCH3 is 1. The zero-order valence-electron chi connectivity index (χ0n) is 11.7. The Morgan fingerprint density at radius 1 is 1.47 bits per heavy atom. The van der Waals surface area contributed by atoms with Crippen molar-refractivity contribution in [3.8, 4) is 5.75 Å². The molecule has 106 valence electrons. The van der Waals surface area contributed by atoms with Crippen LogP contribution >= 0.6 is 15.9 Å². The van der Waals surface area contributed by atoms with Crippen LogP contribution in [0, 0.1) is 0 Å². The summed E-state index contributed by atoms with van der Waals surface area (Å²) in [4.78, 5) is 13.6. The van der Waals surface area contributed by atoms with Crippen LogP contribution in [0.1, 0.15) is 18.9 Å². The first kappa shape index (κ1) is 16.0. The van der Waals surface area contributed by atoms with E-state index in [0.717, 1.165) is 35.3 Å². The van der Waals surface area contributed by atoms with Crippen LogP contribution in [0.25, 0.3) is 0 Å². The van der Waals surface area contributed by atoms with Crippen molar-refractivity contribution in [3.05, 3.63) is 28.2 Å². The van der Waals surface area contributed by atoms with Gasteiger partial charge in [-0.25, -0.2) is 0 Å². The zero-order chi connectivity index (χ0) is 14.3. The highest BCUT2D eigenvalue weighted by Crippen LogP contribution is 2.23. The lowest BCUT2D eigenvalue weighted by Crippen LogP contribution is -2.35. The number of nitrogens with zero attached hydrogens (tertiary/aromatic N) is 1. The van der Waals surface area contributed by atoms with Crippen LogP contribution in [0.3, 0.4) is 0 Å². The first-order valence-corrected chi connectivity index (χ1v) is 7.15. The topological polar surface area (TPSA) is 41.6 Å². The van der Waals surface area contributed by atoms with E-state index in [0.29, 0.717) is 6.54 Å². The van der Waals surface area contributed by atoms with Crippen molar-refractivity contribution in [2.45, 2.75) is 19.9 Å². The maximum absolute atomic E-state index is 11.5. The van der Waals surface area contributed by atoms with Gasteiger partial charge in [-0.15, -0.1) is 0 Å². The second-order valence-corrected chi connectivity index (χ2v) is 5.20. The molecule has 0 aliphatic heterocycles. The Bertz CT molecular complexity index is 424. The maximum atomic E-state index is 11.5. The molecule has 1 amide bonds. The molecule has 19 heavy (non-hydrogen) atoms. The monoisotopic (exact) mass is 328 g/mol. The first-order valence-electron chi connectivity index (χ1n) is 6.36. The van der Waals surface area contributed by atoms with Crippen molar-refractivity contribution in [1.29, 1.82) is 0 Å². The number of hydrogen-bond acceptors (Lipinski definition) is 3. The lowest BCUT2D eigenvalue weighted by molar-refractivity contribution is -0.121. The highest BCUT2D eigenvalue weighted by atomic mass is 79.9. The summed E-state index contributed by atoms with van der Waals surface area (Å²) in [6, 6.07) is 5.88. The number of rotatable bonds is 7. The molecule has 0 atom stereocenters. The van der Waals surface area contributed by atoms with Crippen LogP contribution in [0.4, 0.5) is 0 Å². The van der Waals surface area contributed by atoms with Gasteiger partial charge in [0.2, 0.25) is 5.91 Å². The van der Waals surface area contributed by atoms with Crippen LogP contribution in [-0.4, -0.2) is 38.1 Å². The van der Waals surface area contributed by atoms with Crippen LogP contribution < -0.4 is 10.1 Å². The van der Waals surface area contributed by atoms with Crippen molar-refractivity contribution < 1.29 is 9.53 Å². The average Bonchev–Trinajstić information content (AvgIpc) is 2.41. The number of likely N-dealkylation sites (N-methyl/N-ethyl adjacent to an activating group) is 1. The van der Waals surface area contributed by atoms with Crippen LogP contribution in [0.2, 0.25) is 0 Å². The first-order chi connectivity index (χ1) is 9.10. The Balaban J connectivity index is 2.80. The molecule has 4 nitrogen and oxygen atoms in total. The van der Waals surface area contributed by atoms with Crippen molar-refractivity contribution in [1.82, 2.24) is 10.2 Å². The number of hydrogen-bond donors (Lipinski definition) is 1. The van der Waals surface area contributed by atoms with Crippen molar-refractivity contribution in [2.24, 2.45) is 0 Å². The van der Waals surface area contributed by atoms with Gasteiger partial charge in [0.1, 0.15) is 5.75 Å². The summed E-state index contributed by atoms with van der Waals surface area (Å²) < 4.78 is 6.27. The maximum Gasteiger partial charge on any atom is 0.233 e. The van der Waals surface area contributed by atoms with Gasteiger partial charge in [-0.1, -0.05) is 22.9 Å². The minimum atomic E-state index is 0.0347. The van der Waals surface area contributed by atoms with E-state index in [1.54, 1.807) is 14.2 Å². The molecule has 0 saturated carbocycles. The Morgan fingerprint density at radius 2 is 2.21 bits per heavy atom. The Kier molecular flexibility index (Phi) is 6.87. The highest BCUT2D eigenvalue weighted by molar-refractivity contribution is 9.10. The van der Waals surface area contributed by atoms with Gasteiger partial charge in [-0.05, 0) is 36.7 Å². The van der Waals surface area contributed by atoms with E-state index in [2.05, 4.69) is 33.1 Å². The number of nitrogens with one attached hydrogen (secondary N) is 1. The molecule has 0 aliphatic rings. The number of ether oxygens (including phenoxy) is 1. The summed E-state index contributed by atoms with van der Waals surface area (Å²) in [5.74, 6) is 0.863. The zero-order valence-corrected chi connectivity index (χ0v) is 13.3. The molecule has 0 radical (unpaired) electrons. The minimum Gasteiger partial charge on any atom is -0.497 e. The predicted octanol–water partition coefficient (Wildman–Crippen LogP) is 2.42. The number of carbonyl (C=O) groups is 1. The Labute approximate surface area is 123 Å². The smallest absolute Gasteiger partial charge is 0.233 e. The minimum absolute atomic E-state index is 0.0347. The lowest BCUT2D eigenvalue weighted by atomic mass is 10.2. The SMILES string of the molecule is CCCN(CC(=O)NC)Cc1cc(OC)ccc1Br. The van der Waals surface area contributed by atoms with Crippen molar-refractivity contribution in [2.75, 3.05) is 27.2 Å².